The molecule has 0 saturated heterocycles. The van der Waals surface area contributed by atoms with Crippen molar-refractivity contribution in [3.05, 3.63) is 63.4 Å². The Hall–Kier alpha value is -2.07. The summed E-state index contributed by atoms with van der Waals surface area (Å²) in [4.78, 5) is 11.5. The zero-order chi connectivity index (χ0) is 17.7. The SMILES string of the molecule is CCc1cc(F)c(OCc2c(Cl)cccc2CC(=O)OC)cc1C. The van der Waals surface area contributed by atoms with Crippen molar-refractivity contribution >= 4 is 17.6 Å². The zero-order valence-corrected chi connectivity index (χ0v) is 14.7. The van der Waals surface area contributed by atoms with Crippen molar-refractivity contribution < 1.29 is 18.7 Å². The molecular weight excluding hydrogens is 331 g/mol. The summed E-state index contributed by atoms with van der Waals surface area (Å²) in [5.74, 6) is -0.597. The number of hydrogen-bond acceptors (Lipinski definition) is 3. The fraction of sp³-hybridized carbons (Fsp3) is 0.316. The van der Waals surface area contributed by atoms with Crippen LogP contribution in [0.15, 0.2) is 30.3 Å². The molecule has 2 rings (SSSR count). The van der Waals surface area contributed by atoms with E-state index < -0.39 is 5.82 Å². The number of rotatable bonds is 6. The Balaban J connectivity index is 2.23. The highest BCUT2D eigenvalue weighted by Crippen LogP contribution is 2.26. The van der Waals surface area contributed by atoms with Crippen LogP contribution in [0.25, 0.3) is 0 Å². The average Bonchev–Trinajstić information content (AvgIpc) is 2.56. The predicted molar refractivity (Wildman–Crippen MR) is 92.0 cm³/mol. The highest BCUT2D eigenvalue weighted by molar-refractivity contribution is 6.31. The second-order valence-electron chi connectivity index (χ2n) is 5.48. The molecule has 128 valence electrons. The molecule has 0 heterocycles. The van der Waals surface area contributed by atoms with Gasteiger partial charge in [0.05, 0.1) is 13.5 Å². The maximum absolute atomic E-state index is 14.2. The van der Waals surface area contributed by atoms with Crippen LogP contribution in [0.1, 0.15) is 29.2 Å². The van der Waals surface area contributed by atoms with E-state index in [1.54, 1.807) is 24.3 Å². The molecular formula is C19H20ClFO3. The highest BCUT2D eigenvalue weighted by Gasteiger charge is 2.14. The minimum atomic E-state index is -0.404. The molecule has 0 amide bonds. The Bertz CT molecular complexity index is 744. The van der Waals surface area contributed by atoms with E-state index in [-0.39, 0.29) is 24.7 Å². The van der Waals surface area contributed by atoms with Gasteiger partial charge in [-0.1, -0.05) is 30.7 Å². The normalized spacial score (nSPS) is 10.5. The van der Waals surface area contributed by atoms with Crippen LogP contribution in [0.2, 0.25) is 5.02 Å². The Morgan fingerprint density at radius 1 is 1.25 bits per heavy atom. The highest BCUT2D eigenvalue weighted by atomic mass is 35.5. The van der Waals surface area contributed by atoms with Gasteiger partial charge in [0.1, 0.15) is 6.61 Å². The van der Waals surface area contributed by atoms with E-state index in [1.165, 1.54) is 13.2 Å². The lowest BCUT2D eigenvalue weighted by atomic mass is 10.0. The Morgan fingerprint density at radius 3 is 2.67 bits per heavy atom. The van der Waals surface area contributed by atoms with Gasteiger partial charge in [-0.3, -0.25) is 4.79 Å². The molecule has 0 N–H and O–H groups in total. The molecule has 0 fully saturated rings. The number of hydrogen-bond donors (Lipinski definition) is 0. The number of halogens is 2. The summed E-state index contributed by atoms with van der Waals surface area (Å²) in [6.45, 7) is 3.97. The summed E-state index contributed by atoms with van der Waals surface area (Å²) in [5, 5.41) is 0.471. The standard InChI is InChI=1S/C19H20ClFO3/c1-4-13-9-17(21)18(8-12(13)2)24-11-15-14(10-19(22)23-3)6-5-7-16(15)20/h5-9H,4,10-11H2,1-3H3. The van der Waals surface area contributed by atoms with Gasteiger partial charge in [0.15, 0.2) is 11.6 Å². The van der Waals surface area contributed by atoms with Crippen LogP contribution >= 0.6 is 11.6 Å². The predicted octanol–water partition coefficient (Wildman–Crippen LogP) is 4.64. The summed E-state index contributed by atoms with van der Waals surface area (Å²) in [7, 11) is 1.33. The van der Waals surface area contributed by atoms with E-state index in [1.807, 2.05) is 13.8 Å². The Morgan fingerprint density at radius 2 is 2.00 bits per heavy atom. The van der Waals surface area contributed by atoms with Gasteiger partial charge in [-0.25, -0.2) is 4.39 Å². The third-order valence-corrected chi connectivity index (χ3v) is 4.28. The van der Waals surface area contributed by atoms with Crippen LogP contribution < -0.4 is 4.74 Å². The van der Waals surface area contributed by atoms with Gasteiger partial charge in [-0.2, -0.15) is 0 Å². The lowest BCUT2D eigenvalue weighted by Crippen LogP contribution is -2.09. The van der Waals surface area contributed by atoms with Crippen LogP contribution in [0.4, 0.5) is 4.39 Å². The summed E-state index contributed by atoms with van der Waals surface area (Å²) in [6, 6.07) is 8.43. The number of ether oxygens (including phenoxy) is 2. The number of aryl methyl sites for hydroxylation is 2. The minimum absolute atomic E-state index is 0.0772. The minimum Gasteiger partial charge on any atom is -0.486 e. The lowest BCUT2D eigenvalue weighted by Gasteiger charge is -2.14. The fourth-order valence-electron chi connectivity index (χ4n) is 2.50. The maximum atomic E-state index is 14.2. The Labute approximate surface area is 146 Å². The molecule has 3 nitrogen and oxygen atoms in total. The molecule has 0 aliphatic heterocycles. The summed E-state index contributed by atoms with van der Waals surface area (Å²) >= 11 is 6.22. The van der Waals surface area contributed by atoms with Crippen LogP contribution in [0, 0.1) is 12.7 Å². The van der Waals surface area contributed by atoms with Crippen molar-refractivity contribution in [1.82, 2.24) is 0 Å². The van der Waals surface area contributed by atoms with Gasteiger partial charge in [0.2, 0.25) is 0 Å². The van der Waals surface area contributed by atoms with Crippen LogP contribution in [0.5, 0.6) is 5.75 Å². The molecule has 5 heteroatoms. The fourth-order valence-corrected chi connectivity index (χ4v) is 2.74. The second-order valence-corrected chi connectivity index (χ2v) is 5.89. The first-order valence-electron chi connectivity index (χ1n) is 7.71. The average molecular weight is 351 g/mol. The van der Waals surface area contributed by atoms with Gasteiger partial charge in [-0.05, 0) is 48.2 Å². The molecule has 0 unspecified atom stereocenters. The van der Waals surface area contributed by atoms with Gasteiger partial charge in [-0.15, -0.1) is 0 Å². The number of benzene rings is 2. The third kappa shape index (κ3) is 4.26. The molecule has 0 bridgehead atoms. The number of carbonyl (C=O) groups is 1. The van der Waals surface area contributed by atoms with Crippen LogP contribution in [0.3, 0.4) is 0 Å². The first kappa shape index (κ1) is 18.3. The zero-order valence-electron chi connectivity index (χ0n) is 14.0. The molecule has 24 heavy (non-hydrogen) atoms. The molecule has 0 saturated carbocycles. The number of carbonyl (C=O) groups excluding carboxylic acids is 1. The van der Waals surface area contributed by atoms with E-state index in [4.69, 9.17) is 16.3 Å². The second kappa shape index (κ2) is 8.15. The van der Waals surface area contributed by atoms with Crippen LogP contribution in [-0.4, -0.2) is 13.1 Å². The molecule has 0 spiro atoms. The molecule has 0 radical (unpaired) electrons. The maximum Gasteiger partial charge on any atom is 0.309 e. The van der Waals surface area contributed by atoms with Gasteiger partial charge >= 0.3 is 5.97 Å². The van der Waals surface area contributed by atoms with Crippen molar-refractivity contribution in [3.8, 4) is 5.75 Å². The van der Waals surface area contributed by atoms with Crippen molar-refractivity contribution in [1.29, 1.82) is 0 Å². The third-order valence-electron chi connectivity index (χ3n) is 3.92. The Kier molecular flexibility index (Phi) is 6.21. The van der Waals surface area contributed by atoms with E-state index in [2.05, 4.69) is 4.74 Å². The molecule has 0 aliphatic carbocycles. The number of esters is 1. The van der Waals surface area contributed by atoms with Crippen molar-refractivity contribution in [2.24, 2.45) is 0 Å². The van der Waals surface area contributed by atoms with Crippen LogP contribution in [-0.2, 0) is 29.0 Å². The summed E-state index contributed by atoms with van der Waals surface area (Å²) < 4.78 is 24.5. The van der Waals surface area contributed by atoms with E-state index >= 15 is 0 Å². The summed E-state index contributed by atoms with van der Waals surface area (Å²) in [5.41, 5.74) is 3.28. The number of methoxy groups -OCH3 is 1. The molecule has 2 aromatic carbocycles. The molecule has 2 aromatic rings. The molecule has 0 aliphatic rings. The van der Waals surface area contributed by atoms with Gasteiger partial charge < -0.3 is 9.47 Å². The monoisotopic (exact) mass is 350 g/mol. The van der Waals surface area contributed by atoms with Gasteiger partial charge in [0, 0.05) is 10.6 Å². The molecule has 0 aromatic heterocycles. The van der Waals surface area contributed by atoms with Gasteiger partial charge in [0.25, 0.3) is 0 Å². The van der Waals surface area contributed by atoms with E-state index in [9.17, 15) is 9.18 Å². The first-order chi connectivity index (χ1) is 11.5. The molecule has 0 atom stereocenters. The van der Waals surface area contributed by atoms with Crippen molar-refractivity contribution in [3.63, 3.8) is 0 Å². The quantitative estimate of drug-likeness (QED) is 0.712. The smallest absolute Gasteiger partial charge is 0.309 e. The van der Waals surface area contributed by atoms with E-state index in [0.717, 1.165) is 17.5 Å². The largest absolute Gasteiger partial charge is 0.486 e. The van der Waals surface area contributed by atoms with Crippen molar-refractivity contribution in [2.75, 3.05) is 7.11 Å². The van der Waals surface area contributed by atoms with Crippen molar-refractivity contribution in [2.45, 2.75) is 33.3 Å². The topological polar surface area (TPSA) is 35.5 Å². The van der Waals surface area contributed by atoms with E-state index in [0.29, 0.717) is 16.1 Å². The first-order valence-corrected chi connectivity index (χ1v) is 8.09. The summed E-state index contributed by atoms with van der Waals surface area (Å²) in [6.07, 6.45) is 0.850. The lowest BCUT2D eigenvalue weighted by molar-refractivity contribution is -0.139.